The predicted molar refractivity (Wildman–Crippen MR) is 186 cm³/mol. The predicted octanol–water partition coefficient (Wildman–Crippen LogP) is 6.06. The number of nitrogens with one attached hydrogen (secondary N) is 1. The van der Waals surface area contributed by atoms with Crippen molar-refractivity contribution in [1.82, 2.24) is 25.0 Å². The van der Waals surface area contributed by atoms with Gasteiger partial charge in [-0.05, 0) is 61.4 Å². The van der Waals surface area contributed by atoms with E-state index >= 15 is 0 Å². The zero-order chi connectivity index (χ0) is 33.4. The van der Waals surface area contributed by atoms with E-state index < -0.39 is 0 Å². The molecular weight excluding hydrogens is 622 g/mol. The number of nitrogens with zero attached hydrogens (tertiary/aromatic N) is 4. The zero-order valence-corrected chi connectivity index (χ0v) is 26.6. The number of aromatic nitrogens is 5. The quantitative estimate of drug-likeness (QED) is 0.139. The number of para-hydroxylation sites is 1. The van der Waals surface area contributed by atoms with Crippen molar-refractivity contribution in [1.29, 1.82) is 0 Å². The largest absolute Gasteiger partial charge is 0.494 e. The number of rotatable bonds is 14. The molecule has 0 saturated carbocycles. The Labute approximate surface area is 280 Å². The number of fused-ring (bicyclic) bond motifs is 2. The van der Waals surface area contributed by atoms with Gasteiger partial charge in [0.1, 0.15) is 35.3 Å². The fourth-order valence-electron chi connectivity index (χ4n) is 5.39. The number of H-pyrrole nitrogens is 1. The number of aromatic amines is 1. The van der Waals surface area contributed by atoms with Crippen LogP contribution in [0.3, 0.4) is 0 Å². The smallest absolute Gasteiger partial charge is 0.259 e. The van der Waals surface area contributed by atoms with Crippen molar-refractivity contribution in [2.45, 2.75) is 19.4 Å². The summed E-state index contributed by atoms with van der Waals surface area (Å²) in [5, 5.41) is 9.52. The first-order chi connectivity index (χ1) is 24.1. The lowest BCUT2D eigenvalue weighted by Crippen LogP contribution is -2.12. The van der Waals surface area contributed by atoms with Crippen LogP contribution >= 0.6 is 0 Å². The topological polar surface area (TPSA) is 134 Å². The molecule has 0 atom stereocenters. The van der Waals surface area contributed by atoms with Gasteiger partial charge in [-0.2, -0.15) is 0 Å². The van der Waals surface area contributed by atoms with Gasteiger partial charge in [0, 0.05) is 29.5 Å². The maximum atomic E-state index is 12.6. The minimum absolute atomic E-state index is 0.0991. The first kappa shape index (κ1) is 31.5. The molecule has 3 aromatic heterocycles. The average Bonchev–Trinajstić information content (AvgIpc) is 3.59. The van der Waals surface area contributed by atoms with Gasteiger partial charge in [-0.15, -0.1) is 5.10 Å². The molecule has 7 aromatic rings. The lowest BCUT2D eigenvalue weighted by Gasteiger charge is -2.08. The van der Waals surface area contributed by atoms with Crippen molar-refractivity contribution in [2.24, 2.45) is 0 Å². The molecule has 11 nitrogen and oxygen atoms in total. The number of hydrogen-bond donors (Lipinski definition) is 1. The minimum Gasteiger partial charge on any atom is -0.494 e. The van der Waals surface area contributed by atoms with Crippen LogP contribution in [-0.2, 0) is 17.7 Å². The van der Waals surface area contributed by atoms with Crippen LogP contribution in [0.15, 0.2) is 123 Å². The molecule has 0 aliphatic heterocycles. The van der Waals surface area contributed by atoms with Gasteiger partial charge < -0.3 is 23.6 Å². The summed E-state index contributed by atoms with van der Waals surface area (Å²) in [6.45, 7) is 2.29. The van der Waals surface area contributed by atoms with Crippen LogP contribution < -0.4 is 20.5 Å². The van der Waals surface area contributed by atoms with Gasteiger partial charge in [0.2, 0.25) is 0 Å². The molecule has 0 bridgehead atoms. The molecule has 11 heteroatoms. The number of ether oxygens (including phenoxy) is 3. The van der Waals surface area contributed by atoms with Crippen molar-refractivity contribution in [3.05, 3.63) is 136 Å². The van der Waals surface area contributed by atoms with E-state index in [0.29, 0.717) is 72.2 Å². The number of aryl methyl sites for hydroxylation is 1. The van der Waals surface area contributed by atoms with Crippen molar-refractivity contribution in [2.75, 3.05) is 26.4 Å². The summed E-state index contributed by atoms with van der Waals surface area (Å²) in [4.78, 5) is 32.4. The Bertz CT molecular complexity index is 2300. The van der Waals surface area contributed by atoms with Gasteiger partial charge in [0.05, 0.1) is 48.3 Å². The summed E-state index contributed by atoms with van der Waals surface area (Å²) in [7, 11) is 0. The van der Waals surface area contributed by atoms with Crippen molar-refractivity contribution in [3.63, 3.8) is 0 Å². The Balaban J connectivity index is 0.808. The van der Waals surface area contributed by atoms with Crippen molar-refractivity contribution < 1.29 is 18.6 Å². The van der Waals surface area contributed by atoms with Crippen LogP contribution in [-0.4, -0.2) is 51.4 Å². The van der Waals surface area contributed by atoms with E-state index in [1.165, 1.54) is 6.07 Å². The Hall–Kier alpha value is -6.07. The molecule has 0 spiro atoms. The molecule has 0 fully saturated rings. The molecule has 3 heterocycles. The molecule has 0 aliphatic carbocycles. The van der Waals surface area contributed by atoms with E-state index in [-0.39, 0.29) is 11.0 Å². The summed E-state index contributed by atoms with van der Waals surface area (Å²) in [5.41, 5.74) is 3.40. The number of hydrogen-bond acceptors (Lipinski definition) is 9. The van der Waals surface area contributed by atoms with Gasteiger partial charge in [0.15, 0.2) is 5.43 Å². The highest BCUT2D eigenvalue weighted by atomic mass is 16.5. The summed E-state index contributed by atoms with van der Waals surface area (Å²) in [5.74, 6) is 2.37. The van der Waals surface area contributed by atoms with E-state index in [1.54, 1.807) is 28.9 Å². The van der Waals surface area contributed by atoms with E-state index in [9.17, 15) is 9.59 Å². The third-order valence-corrected chi connectivity index (χ3v) is 7.89. The lowest BCUT2D eigenvalue weighted by molar-refractivity contribution is 0.0923. The van der Waals surface area contributed by atoms with Crippen LogP contribution in [0.2, 0.25) is 0 Å². The molecule has 0 unspecified atom stereocenters. The normalized spacial score (nSPS) is 11.3. The maximum Gasteiger partial charge on any atom is 0.259 e. The minimum atomic E-state index is -0.162. The molecule has 0 amide bonds. The van der Waals surface area contributed by atoms with Gasteiger partial charge in [0.25, 0.3) is 5.56 Å². The van der Waals surface area contributed by atoms with Crippen molar-refractivity contribution >= 4 is 21.9 Å². The average molecular weight is 656 g/mol. The molecule has 246 valence electrons. The third kappa shape index (κ3) is 7.74. The van der Waals surface area contributed by atoms with E-state index in [0.717, 1.165) is 35.4 Å². The second-order valence-corrected chi connectivity index (χ2v) is 11.3. The van der Waals surface area contributed by atoms with Crippen LogP contribution in [0.1, 0.15) is 12.1 Å². The Morgan fingerprint density at radius 2 is 1.53 bits per heavy atom. The SMILES string of the molecule is O=c1[nH]c(-c2ccc(OCCCc3cn(CCOCCOc4ccc5c(=O)cc(-c6ccccc6)oc5c4)nn3)cc2)nc2ccccc12. The Morgan fingerprint density at radius 3 is 2.41 bits per heavy atom. The Morgan fingerprint density at radius 1 is 0.735 bits per heavy atom. The van der Waals surface area contributed by atoms with Crippen LogP contribution in [0.5, 0.6) is 11.5 Å². The van der Waals surface area contributed by atoms with Crippen LogP contribution in [0, 0.1) is 0 Å². The highest BCUT2D eigenvalue weighted by Crippen LogP contribution is 2.25. The van der Waals surface area contributed by atoms with Gasteiger partial charge in [-0.1, -0.05) is 47.7 Å². The Kier molecular flexibility index (Phi) is 9.51. The summed E-state index contributed by atoms with van der Waals surface area (Å²) >= 11 is 0. The fourth-order valence-corrected chi connectivity index (χ4v) is 5.39. The summed E-state index contributed by atoms with van der Waals surface area (Å²) < 4.78 is 25.2. The first-order valence-electron chi connectivity index (χ1n) is 16.0. The maximum absolute atomic E-state index is 12.6. The standard InChI is InChI=1S/C38H33N5O6/c44-34-24-35(26-7-2-1-3-8-26)49-36-23-30(16-17-32(34)36)48-22-21-46-20-18-43-25-28(41-42-43)9-6-19-47-29-14-12-27(13-15-29)37-39-33-11-5-4-10-31(33)38(45)40-37/h1-5,7-8,10-17,23-25H,6,9,18-22H2,(H,39,40,45). The van der Waals surface area contributed by atoms with Crippen LogP contribution in [0.4, 0.5) is 0 Å². The van der Waals surface area contributed by atoms with Gasteiger partial charge in [-0.3, -0.25) is 9.59 Å². The molecule has 4 aromatic carbocycles. The third-order valence-electron chi connectivity index (χ3n) is 7.89. The number of benzene rings is 4. The van der Waals surface area contributed by atoms with Gasteiger partial charge >= 0.3 is 0 Å². The lowest BCUT2D eigenvalue weighted by atomic mass is 10.1. The second kappa shape index (κ2) is 14.8. The fraction of sp³-hybridized carbons (Fsp3) is 0.184. The summed E-state index contributed by atoms with van der Waals surface area (Å²) in [6.07, 6.45) is 3.42. The molecule has 49 heavy (non-hydrogen) atoms. The second-order valence-electron chi connectivity index (χ2n) is 11.3. The van der Waals surface area contributed by atoms with E-state index in [4.69, 9.17) is 18.6 Å². The molecule has 0 aliphatic rings. The molecule has 7 rings (SSSR count). The van der Waals surface area contributed by atoms with Crippen molar-refractivity contribution in [3.8, 4) is 34.2 Å². The van der Waals surface area contributed by atoms with E-state index in [1.807, 2.05) is 79.0 Å². The molecular formula is C38H33N5O6. The van der Waals surface area contributed by atoms with E-state index in [2.05, 4.69) is 20.3 Å². The molecule has 0 saturated heterocycles. The molecule has 1 N–H and O–H groups in total. The highest BCUT2D eigenvalue weighted by molar-refractivity contribution is 5.80. The molecule has 0 radical (unpaired) electrons. The first-order valence-corrected chi connectivity index (χ1v) is 16.0. The van der Waals surface area contributed by atoms with Gasteiger partial charge in [-0.25, -0.2) is 9.67 Å². The summed E-state index contributed by atoms with van der Waals surface area (Å²) in [6, 6.07) is 31.0. The zero-order valence-electron chi connectivity index (χ0n) is 26.6. The van der Waals surface area contributed by atoms with Crippen LogP contribution in [0.25, 0.3) is 44.6 Å². The highest BCUT2D eigenvalue weighted by Gasteiger charge is 2.09. The monoisotopic (exact) mass is 655 g/mol.